The molecule has 0 unspecified atom stereocenters. The van der Waals surface area contributed by atoms with Gasteiger partial charge in [-0.15, -0.1) is 12.4 Å². The highest BCUT2D eigenvalue weighted by atomic mass is 35.5. The number of piperidine rings is 1. The van der Waals surface area contributed by atoms with Crippen LogP contribution in [0.2, 0.25) is 0 Å². The molecule has 1 saturated heterocycles. The lowest BCUT2D eigenvalue weighted by atomic mass is 9.78. The molecule has 2 aliphatic heterocycles. The smallest absolute Gasteiger partial charge is 0.238 e. The van der Waals surface area contributed by atoms with Crippen molar-refractivity contribution in [2.75, 3.05) is 38.3 Å². The summed E-state index contributed by atoms with van der Waals surface area (Å²) in [4.78, 5) is 19.9. The van der Waals surface area contributed by atoms with E-state index >= 15 is 0 Å². The van der Waals surface area contributed by atoms with Crippen LogP contribution in [-0.2, 0) is 16.1 Å². The van der Waals surface area contributed by atoms with Gasteiger partial charge in [0.25, 0.3) is 0 Å². The molecule has 1 amide bonds. The van der Waals surface area contributed by atoms with Gasteiger partial charge in [0, 0.05) is 20.2 Å². The molecular formula is C17H23ClN4O2. The Morgan fingerprint density at radius 3 is 2.79 bits per heavy atom. The van der Waals surface area contributed by atoms with Crippen molar-refractivity contribution in [2.24, 2.45) is 5.41 Å². The number of ether oxygens (including phenoxy) is 1. The Morgan fingerprint density at radius 1 is 1.29 bits per heavy atom. The molecule has 0 radical (unpaired) electrons. The monoisotopic (exact) mass is 350 g/mol. The molecule has 0 spiro atoms. The SMILES string of the molecule is COCC1(C(=O)N2CCn3c2nc2ccccc23)CCNCC1.Cl. The average Bonchev–Trinajstić information content (AvgIpc) is 3.14. The van der Waals surface area contributed by atoms with Crippen LogP contribution in [0, 0.1) is 5.41 Å². The topological polar surface area (TPSA) is 59.4 Å². The van der Waals surface area contributed by atoms with Crippen LogP contribution in [0.1, 0.15) is 12.8 Å². The van der Waals surface area contributed by atoms with Gasteiger partial charge < -0.3 is 14.6 Å². The Bertz CT molecular complexity index is 734. The number of rotatable bonds is 3. The molecule has 1 aromatic heterocycles. The third-order valence-corrected chi connectivity index (χ3v) is 5.10. The van der Waals surface area contributed by atoms with Gasteiger partial charge in [-0.1, -0.05) is 12.1 Å². The second-order valence-corrected chi connectivity index (χ2v) is 6.47. The Balaban J connectivity index is 0.00000169. The molecule has 24 heavy (non-hydrogen) atoms. The number of carbonyl (C=O) groups is 1. The molecule has 4 rings (SSSR count). The summed E-state index contributed by atoms with van der Waals surface area (Å²) in [6, 6.07) is 8.06. The predicted octanol–water partition coefficient (Wildman–Crippen LogP) is 1.82. The van der Waals surface area contributed by atoms with Crippen molar-refractivity contribution in [3.05, 3.63) is 24.3 Å². The standard InChI is InChI=1S/C17H22N4O2.ClH/c1-23-12-17(6-8-18-9-7-17)15(22)21-11-10-20-14-5-3-2-4-13(14)19-16(20)21;/h2-5,18H,6-12H2,1H3;1H. The number of nitrogens with one attached hydrogen (secondary N) is 1. The van der Waals surface area contributed by atoms with E-state index in [1.165, 1.54) is 0 Å². The van der Waals surface area contributed by atoms with Gasteiger partial charge >= 0.3 is 0 Å². The molecular weight excluding hydrogens is 328 g/mol. The van der Waals surface area contributed by atoms with Crippen molar-refractivity contribution < 1.29 is 9.53 Å². The highest BCUT2D eigenvalue weighted by Gasteiger charge is 2.44. The second kappa shape index (κ2) is 6.70. The van der Waals surface area contributed by atoms with Crippen molar-refractivity contribution in [2.45, 2.75) is 19.4 Å². The summed E-state index contributed by atoms with van der Waals surface area (Å²) in [5.74, 6) is 0.945. The zero-order chi connectivity index (χ0) is 15.9. The molecule has 0 aliphatic carbocycles. The lowest BCUT2D eigenvalue weighted by Gasteiger charge is -2.37. The molecule has 7 heteroatoms. The number of aromatic nitrogens is 2. The highest BCUT2D eigenvalue weighted by Crippen LogP contribution is 2.36. The van der Waals surface area contributed by atoms with E-state index in [-0.39, 0.29) is 18.3 Å². The number of para-hydroxylation sites is 2. The lowest BCUT2D eigenvalue weighted by molar-refractivity contribution is -0.133. The van der Waals surface area contributed by atoms with E-state index in [9.17, 15) is 4.79 Å². The second-order valence-electron chi connectivity index (χ2n) is 6.47. The summed E-state index contributed by atoms with van der Waals surface area (Å²) in [6.45, 7) is 3.71. The number of halogens is 1. The lowest BCUT2D eigenvalue weighted by Crippen LogP contribution is -2.51. The van der Waals surface area contributed by atoms with Crippen molar-refractivity contribution >= 4 is 35.3 Å². The minimum Gasteiger partial charge on any atom is -0.384 e. The van der Waals surface area contributed by atoms with E-state index in [2.05, 4.69) is 16.0 Å². The maximum atomic E-state index is 13.3. The fraction of sp³-hybridized carbons (Fsp3) is 0.529. The van der Waals surface area contributed by atoms with Gasteiger partial charge in [-0.2, -0.15) is 0 Å². The molecule has 0 saturated carbocycles. The zero-order valence-electron chi connectivity index (χ0n) is 13.8. The Hall–Kier alpha value is -1.63. The first-order valence-corrected chi connectivity index (χ1v) is 8.22. The van der Waals surface area contributed by atoms with E-state index in [1.54, 1.807) is 7.11 Å². The number of hydrogen-bond donors (Lipinski definition) is 1. The van der Waals surface area contributed by atoms with Gasteiger partial charge in [-0.25, -0.2) is 4.98 Å². The number of benzene rings is 1. The molecule has 2 aliphatic rings. The average molecular weight is 351 g/mol. The molecule has 1 aromatic carbocycles. The van der Waals surface area contributed by atoms with Gasteiger partial charge in [-0.3, -0.25) is 9.69 Å². The maximum Gasteiger partial charge on any atom is 0.238 e. The van der Waals surface area contributed by atoms with Crippen LogP contribution >= 0.6 is 12.4 Å². The molecule has 6 nitrogen and oxygen atoms in total. The number of methoxy groups -OCH3 is 1. The van der Waals surface area contributed by atoms with Crippen LogP contribution in [-0.4, -0.2) is 48.8 Å². The predicted molar refractivity (Wildman–Crippen MR) is 95.7 cm³/mol. The molecule has 0 bridgehead atoms. The van der Waals surface area contributed by atoms with Gasteiger partial charge in [0.05, 0.1) is 23.1 Å². The van der Waals surface area contributed by atoms with Crippen LogP contribution in [0.25, 0.3) is 11.0 Å². The largest absolute Gasteiger partial charge is 0.384 e. The molecule has 1 fully saturated rings. The Morgan fingerprint density at radius 2 is 2.04 bits per heavy atom. The third-order valence-electron chi connectivity index (χ3n) is 5.10. The van der Waals surface area contributed by atoms with E-state index in [0.717, 1.165) is 49.5 Å². The number of amides is 1. The number of imidazole rings is 1. The van der Waals surface area contributed by atoms with Crippen LogP contribution in [0.5, 0.6) is 0 Å². The third kappa shape index (κ3) is 2.59. The summed E-state index contributed by atoms with van der Waals surface area (Å²) in [5.41, 5.74) is 1.63. The summed E-state index contributed by atoms with van der Waals surface area (Å²) in [6.07, 6.45) is 1.63. The maximum absolute atomic E-state index is 13.3. The number of anilines is 1. The first-order chi connectivity index (χ1) is 11.2. The molecule has 1 N–H and O–H groups in total. The molecule has 3 heterocycles. The van der Waals surface area contributed by atoms with Crippen LogP contribution in [0.15, 0.2) is 24.3 Å². The fourth-order valence-electron chi connectivity index (χ4n) is 3.87. The van der Waals surface area contributed by atoms with Crippen molar-refractivity contribution in [3.8, 4) is 0 Å². The summed E-state index contributed by atoms with van der Waals surface area (Å²) in [7, 11) is 1.68. The van der Waals surface area contributed by atoms with Crippen LogP contribution < -0.4 is 10.2 Å². The molecule has 0 atom stereocenters. The summed E-state index contributed by atoms with van der Waals surface area (Å²) in [5, 5.41) is 3.34. The Kier molecular flexibility index (Phi) is 4.80. The van der Waals surface area contributed by atoms with E-state index in [1.807, 2.05) is 23.1 Å². The van der Waals surface area contributed by atoms with E-state index in [4.69, 9.17) is 9.72 Å². The quantitative estimate of drug-likeness (QED) is 0.917. The van der Waals surface area contributed by atoms with Crippen LogP contribution in [0.3, 0.4) is 0 Å². The molecule has 130 valence electrons. The zero-order valence-corrected chi connectivity index (χ0v) is 14.6. The van der Waals surface area contributed by atoms with Gasteiger partial charge in [0.15, 0.2) is 0 Å². The van der Waals surface area contributed by atoms with Gasteiger partial charge in [0.2, 0.25) is 11.9 Å². The fourth-order valence-corrected chi connectivity index (χ4v) is 3.87. The summed E-state index contributed by atoms with van der Waals surface area (Å²) < 4.78 is 7.56. The van der Waals surface area contributed by atoms with Gasteiger partial charge in [-0.05, 0) is 38.1 Å². The molecule has 2 aromatic rings. The number of carbonyl (C=O) groups excluding carboxylic acids is 1. The number of nitrogens with zero attached hydrogens (tertiary/aromatic N) is 3. The normalized spacial score (nSPS) is 19.1. The minimum absolute atomic E-state index is 0. The van der Waals surface area contributed by atoms with Gasteiger partial charge in [0.1, 0.15) is 0 Å². The summed E-state index contributed by atoms with van der Waals surface area (Å²) >= 11 is 0. The highest BCUT2D eigenvalue weighted by molar-refractivity contribution is 5.98. The van der Waals surface area contributed by atoms with E-state index < -0.39 is 5.41 Å². The van der Waals surface area contributed by atoms with E-state index in [0.29, 0.717) is 13.2 Å². The van der Waals surface area contributed by atoms with Crippen LogP contribution in [0.4, 0.5) is 5.95 Å². The first-order valence-electron chi connectivity index (χ1n) is 8.22. The van der Waals surface area contributed by atoms with Crippen molar-refractivity contribution in [1.29, 1.82) is 0 Å². The van der Waals surface area contributed by atoms with Crippen molar-refractivity contribution in [3.63, 3.8) is 0 Å². The minimum atomic E-state index is -0.423. The first kappa shape index (κ1) is 17.2. The number of fused-ring (bicyclic) bond motifs is 3. The Labute approximate surface area is 147 Å². The van der Waals surface area contributed by atoms with Crippen molar-refractivity contribution in [1.82, 2.24) is 14.9 Å². The number of hydrogen-bond acceptors (Lipinski definition) is 4.